The molecule has 3 rings (SSSR count). The number of amides is 1. The summed E-state index contributed by atoms with van der Waals surface area (Å²) in [5.74, 6) is 0.240. The molecule has 0 aliphatic carbocycles. The standard InChI is InChI=1S/C20H23ClN2O4/c1-11(2)27-16-5-4-13-6-7-23(20(26)17(13)18(16)21)9-15-14(10-24)8-12(3)22-19(15)25/h4-5,8,11,24H,6-7,9-10H2,1-3H3,(H,22,25). The van der Waals surface area contributed by atoms with Gasteiger partial charge in [0.1, 0.15) is 5.75 Å². The van der Waals surface area contributed by atoms with Crippen molar-refractivity contribution < 1.29 is 14.6 Å². The van der Waals surface area contributed by atoms with Gasteiger partial charge in [-0.2, -0.15) is 0 Å². The Labute approximate surface area is 162 Å². The molecule has 2 N–H and O–H groups in total. The maximum absolute atomic E-state index is 13.1. The minimum atomic E-state index is -0.291. The highest BCUT2D eigenvalue weighted by Gasteiger charge is 2.29. The second-order valence-corrected chi connectivity index (χ2v) is 7.38. The lowest BCUT2D eigenvalue weighted by atomic mass is 9.97. The molecule has 0 unspecified atom stereocenters. The fourth-order valence-electron chi connectivity index (χ4n) is 3.34. The van der Waals surface area contributed by atoms with E-state index in [4.69, 9.17) is 16.3 Å². The maximum atomic E-state index is 13.1. The van der Waals surface area contributed by atoms with Gasteiger partial charge in [0.05, 0.1) is 29.8 Å². The van der Waals surface area contributed by atoms with Gasteiger partial charge in [-0.25, -0.2) is 0 Å². The number of aryl methyl sites for hydroxylation is 1. The number of ether oxygens (including phenoxy) is 1. The number of nitrogens with one attached hydrogen (secondary N) is 1. The van der Waals surface area contributed by atoms with Crippen molar-refractivity contribution in [2.45, 2.75) is 46.4 Å². The molecule has 0 fully saturated rings. The fourth-order valence-corrected chi connectivity index (χ4v) is 3.65. The second-order valence-electron chi connectivity index (χ2n) is 7.00. The summed E-state index contributed by atoms with van der Waals surface area (Å²) >= 11 is 6.46. The first-order chi connectivity index (χ1) is 12.8. The number of aliphatic hydroxyl groups excluding tert-OH is 1. The monoisotopic (exact) mass is 390 g/mol. The SMILES string of the molecule is Cc1cc(CO)c(CN2CCc3ccc(OC(C)C)c(Cl)c3C2=O)c(=O)[nH]1. The molecule has 1 aromatic heterocycles. The highest BCUT2D eigenvalue weighted by atomic mass is 35.5. The summed E-state index contributed by atoms with van der Waals surface area (Å²) in [5.41, 5.74) is 2.60. The number of benzene rings is 1. The smallest absolute Gasteiger partial charge is 0.256 e. The number of nitrogens with zero attached hydrogens (tertiary/aromatic N) is 1. The van der Waals surface area contributed by atoms with Gasteiger partial charge in [-0.05, 0) is 50.5 Å². The Morgan fingerprint density at radius 1 is 1.33 bits per heavy atom. The van der Waals surface area contributed by atoms with Crippen LogP contribution in [-0.4, -0.2) is 33.5 Å². The summed E-state index contributed by atoms with van der Waals surface area (Å²) in [6, 6.07) is 5.38. The normalized spacial score (nSPS) is 13.9. The van der Waals surface area contributed by atoms with E-state index in [1.165, 1.54) is 0 Å². The Kier molecular flexibility index (Phi) is 5.58. The average Bonchev–Trinajstić information content (AvgIpc) is 2.60. The maximum Gasteiger partial charge on any atom is 0.256 e. The van der Waals surface area contributed by atoms with Gasteiger partial charge in [-0.3, -0.25) is 9.59 Å². The van der Waals surface area contributed by atoms with Crippen LogP contribution in [0.5, 0.6) is 5.75 Å². The van der Waals surface area contributed by atoms with E-state index < -0.39 is 0 Å². The van der Waals surface area contributed by atoms with Crippen molar-refractivity contribution in [1.29, 1.82) is 0 Å². The van der Waals surface area contributed by atoms with Gasteiger partial charge in [-0.15, -0.1) is 0 Å². The van der Waals surface area contributed by atoms with Crippen LogP contribution in [-0.2, 0) is 19.6 Å². The third kappa shape index (κ3) is 3.87. The van der Waals surface area contributed by atoms with E-state index in [0.717, 1.165) is 5.56 Å². The number of halogens is 1. The lowest BCUT2D eigenvalue weighted by Gasteiger charge is -2.30. The molecule has 7 heteroatoms. The van der Waals surface area contributed by atoms with Crippen LogP contribution in [0.2, 0.25) is 5.02 Å². The molecule has 2 heterocycles. The zero-order valence-electron chi connectivity index (χ0n) is 15.6. The van der Waals surface area contributed by atoms with Crippen molar-refractivity contribution in [2.24, 2.45) is 0 Å². The number of rotatable bonds is 5. The average molecular weight is 391 g/mol. The quantitative estimate of drug-likeness (QED) is 0.822. The van der Waals surface area contributed by atoms with Crippen LogP contribution in [0.25, 0.3) is 0 Å². The largest absolute Gasteiger partial charge is 0.489 e. The van der Waals surface area contributed by atoms with Gasteiger partial charge >= 0.3 is 0 Å². The van der Waals surface area contributed by atoms with E-state index in [2.05, 4.69) is 4.98 Å². The van der Waals surface area contributed by atoms with Gasteiger partial charge in [0.25, 0.3) is 11.5 Å². The molecule has 1 aliphatic heterocycles. The molecule has 0 saturated carbocycles. The number of pyridine rings is 1. The van der Waals surface area contributed by atoms with Crippen LogP contribution in [0.4, 0.5) is 0 Å². The van der Waals surface area contributed by atoms with E-state index in [1.54, 1.807) is 24.0 Å². The number of hydrogen-bond acceptors (Lipinski definition) is 4. The van der Waals surface area contributed by atoms with Crippen LogP contribution in [0.3, 0.4) is 0 Å². The Morgan fingerprint density at radius 2 is 2.07 bits per heavy atom. The first-order valence-corrected chi connectivity index (χ1v) is 9.29. The number of H-pyrrole nitrogens is 1. The number of carbonyl (C=O) groups excluding carboxylic acids is 1. The number of hydrogen-bond donors (Lipinski definition) is 2. The number of aliphatic hydroxyl groups is 1. The summed E-state index contributed by atoms with van der Waals surface area (Å²) in [6.45, 7) is 5.88. The molecule has 6 nitrogen and oxygen atoms in total. The van der Waals surface area contributed by atoms with Gasteiger partial charge in [0.2, 0.25) is 0 Å². The first kappa shape index (κ1) is 19.5. The molecule has 2 aromatic rings. The molecular weight excluding hydrogens is 368 g/mol. The summed E-state index contributed by atoms with van der Waals surface area (Å²) in [7, 11) is 0. The first-order valence-electron chi connectivity index (χ1n) is 8.91. The number of aromatic amines is 1. The van der Waals surface area contributed by atoms with Crippen LogP contribution in [0.1, 0.15) is 46.6 Å². The molecule has 1 aliphatic rings. The predicted molar refractivity (Wildman–Crippen MR) is 103 cm³/mol. The van der Waals surface area contributed by atoms with Gasteiger partial charge < -0.3 is 19.7 Å². The van der Waals surface area contributed by atoms with Crippen molar-refractivity contribution in [3.63, 3.8) is 0 Å². The highest BCUT2D eigenvalue weighted by molar-refractivity contribution is 6.35. The number of aromatic nitrogens is 1. The topological polar surface area (TPSA) is 82.6 Å². The zero-order chi connectivity index (χ0) is 19.7. The predicted octanol–water partition coefficient (Wildman–Crippen LogP) is 2.81. The van der Waals surface area contributed by atoms with E-state index >= 15 is 0 Å². The Hall–Kier alpha value is -2.31. The number of fused-ring (bicyclic) bond motifs is 1. The minimum absolute atomic E-state index is 0.0615. The summed E-state index contributed by atoms with van der Waals surface area (Å²) in [5, 5.41) is 9.89. The van der Waals surface area contributed by atoms with Gasteiger partial charge in [0.15, 0.2) is 0 Å². The molecule has 1 aromatic carbocycles. The summed E-state index contributed by atoms with van der Waals surface area (Å²) in [6.07, 6.45) is 0.578. The van der Waals surface area contributed by atoms with Crippen molar-refractivity contribution in [1.82, 2.24) is 9.88 Å². The zero-order valence-corrected chi connectivity index (χ0v) is 16.4. The lowest BCUT2D eigenvalue weighted by molar-refractivity contribution is 0.0724. The van der Waals surface area contributed by atoms with Gasteiger partial charge in [0, 0.05) is 17.8 Å². The summed E-state index contributed by atoms with van der Waals surface area (Å²) < 4.78 is 5.69. The molecule has 0 radical (unpaired) electrons. The summed E-state index contributed by atoms with van der Waals surface area (Å²) in [4.78, 5) is 29.7. The van der Waals surface area contributed by atoms with Crippen LogP contribution in [0.15, 0.2) is 23.0 Å². The Morgan fingerprint density at radius 3 is 2.74 bits per heavy atom. The molecule has 27 heavy (non-hydrogen) atoms. The van der Waals surface area contributed by atoms with Crippen molar-refractivity contribution in [2.75, 3.05) is 6.54 Å². The van der Waals surface area contributed by atoms with Crippen LogP contribution < -0.4 is 10.3 Å². The third-order valence-electron chi connectivity index (χ3n) is 4.59. The number of carbonyl (C=O) groups is 1. The molecule has 0 bridgehead atoms. The lowest BCUT2D eigenvalue weighted by Crippen LogP contribution is -2.39. The van der Waals surface area contributed by atoms with Crippen molar-refractivity contribution in [3.05, 3.63) is 61.5 Å². The van der Waals surface area contributed by atoms with Crippen molar-refractivity contribution >= 4 is 17.5 Å². The Balaban J connectivity index is 1.95. The van der Waals surface area contributed by atoms with Crippen LogP contribution >= 0.6 is 11.6 Å². The van der Waals surface area contributed by atoms with Gasteiger partial charge in [-0.1, -0.05) is 17.7 Å². The molecular formula is C20H23ClN2O4. The minimum Gasteiger partial charge on any atom is -0.489 e. The van der Waals surface area contributed by atoms with E-state index in [-0.39, 0.29) is 30.7 Å². The van der Waals surface area contributed by atoms with E-state index in [0.29, 0.717) is 46.1 Å². The molecule has 0 spiro atoms. The second kappa shape index (κ2) is 7.74. The van der Waals surface area contributed by atoms with E-state index in [1.807, 2.05) is 19.9 Å². The Bertz CT molecular complexity index is 936. The molecule has 1 amide bonds. The fraction of sp³-hybridized carbons (Fsp3) is 0.400. The highest BCUT2D eigenvalue weighted by Crippen LogP contribution is 2.35. The van der Waals surface area contributed by atoms with Crippen molar-refractivity contribution in [3.8, 4) is 5.75 Å². The van der Waals surface area contributed by atoms with Crippen LogP contribution in [0, 0.1) is 6.92 Å². The molecule has 144 valence electrons. The molecule has 0 saturated heterocycles. The third-order valence-corrected chi connectivity index (χ3v) is 4.97. The molecule has 0 atom stereocenters. The van der Waals surface area contributed by atoms with E-state index in [9.17, 15) is 14.7 Å².